The molecule has 34 heavy (non-hydrogen) atoms. The van der Waals surface area contributed by atoms with Crippen LogP contribution in [-0.2, 0) is 12.8 Å². The molecule has 0 aliphatic carbocycles. The summed E-state index contributed by atoms with van der Waals surface area (Å²) >= 11 is 7.23. The Morgan fingerprint density at radius 2 is 0.971 bits per heavy atom. The van der Waals surface area contributed by atoms with Gasteiger partial charge in [0.25, 0.3) is 0 Å². The van der Waals surface area contributed by atoms with E-state index in [0.29, 0.717) is 0 Å². The van der Waals surface area contributed by atoms with Crippen LogP contribution in [0.4, 0.5) is 0 Å². The lowest BCUT2D eigenvalue weighted by molar-refractivity contribution is 0.608. The van der Waals surface area contributed by atoms with Gasteiger partial charge >= 0.3 is 0 Å². The number of aromatic nitrogens is 2. The molecule has 2 nitrogen and oxygen atoms in total. The number of unbranched alkanes of at least 4 members (excludes halogenated alkanes) is 10. The maximum atomic E-state index is 5.04. The summed E-state index contributed by atoms with van der Waals surface area (Å²) in [6, 6.07) is 4.61. The number of rotatable bonds is 16. The number of nitrogens with zero attached hydrogens (tertiary/aromatic N) is 2. The Balaban J connectivity index is 1.36. The molecule has 0 spiro atoms. The number of hydrogen-bond acceptors (Lipinski definition) is 6. The standard InChI is InChI=1S/C28H38N2S4/c1-3-5-7-9-11-13-15-21-17-19-31-23(21)25-29-27-28(33-25)30-26(34-27)24-22(18-20-32-24)16-14-12-10-8-6-4-2/h17-20H,3-16H2,1-2H3. The monoisotopic (exact) mass is 530 g/mol. The molecule has 184 valence electrons. The van der Waals surface area contributed by atoms with Gasteiger partial charge in [-0.3, -0.25) is 0 Å². The molecule has 0 amide bonds. The van der Waals surface area contributed by atoms with Crippen LogP contribution in [0.2, 0.25) is 0 Å². The van der Waals surface area contributed by atoms with Crippen LogP contribution in [0.5, 0.6) is 0 Å². The van der Waals surface area contributed by atoms with Gasteiger partial charge in [-0.05, 0) is 59.7 Å². The van der Waals surface area contributed by atoms with Gasteiger partial charge in [0.15, 0.2) is 9.66 Å². The van der Waals surface area contributed by atoms with Crippen LogP contribution < -0.4 is 0 Å². The van der Waals surface area contributed by atoms with Gasteiger partial charge in [0, 0.05) is 0 Å². The van der Waals surface area contributed by atoms with E-state index in [4.69, 9.17) is 9.97 Å². The predicted octanol–water partition coefficient (Wildman–Crippen LogP) is 11.0. The van der Waals surface area contributed by atoms with Gasteiger partial charge in [0.05, 0.1) is 9.75 Å². The molecule has 0 saturated heterocycles. The van der Waals surface area contributed by atoms with Gasteiger partial charge in [0.2, 0.25) is 0 Å². The van der Waals surface area contributed by atoms with Crippen molar-refractivity contribution in [2.45, 2.75) is 104 Å². The zero-order chi connectivity index (χ0) is 23.6. The molecule has 0 bridgehead atoms. The highest BCUT2D eigenvalue weighted by molar-refractivity contribution is 7.31. The Morgan fingerprint density at radius 3 is 1.41 bits per heavy atom. The zero-order valence-electron chi connectivity index (χ0n) is 20.7. The molecule has 0 fully saturated rings. The maximum absolute atomic E-state index is 5.04. The molecule has 0 radical (unpaired) electrons. The van der Waals surface area contributed by atoms with Crippen molar-refractivity contribution < 1.29 is 0 Å². The summed E-state index contributed by atoms with van der Waals surface area (Å²) in [6.45, 7) is 4.56. The molecule has 6 heteroatoms. The van der Waals surface area contributed by atoms with E-state index >= 15 is 0 Å². The normalized spacial score (nSPS) is 11.7. The van der Waals surface area contributed by atoms with Gasteiger partial charge in [-0.25, -0.2) is 9.97 Å². The molecule has 0 aliphatic rings. The molecule has 4 heterocycles. The van der Waals surface area contributed by atoms with E-state index in [1.165, 1.54) is 111 Å². The second-order valence-electron chi connectivity index (χ2n) is 9.23. The summed E-state index contributed by atoms with van der Waals surface area (Å²) in [5, 5.41) is 6.79. The molecule has 4 aromatic heterocycles. The fraction of sp³-hybridized carbons (Fsp3) is 0.571. The predicted molar refractivity (Wildman–Crippen MR) is 156 cm³/mol. The van der Waals surface area contributed by atoms with Crippen LogP contribution in [0.15, 0.2) is 22.9 Å². The Kier molecular flexibility index (Phi) is 10.6. The Hall–Kier alpha value is -1.08. The van der Waals surface area contributed by atoms with Crippen LogP contribution in [0, 0.1) is 0 Å². The molecular formula is C28H38N2S4. The van der Waals surface area contributed by atoms with Crippen LogP contribution in [0.1, 0.15) is 102 Å². The number of hydrogen-bond donors (Lipinski definition) is 0. The Morgan fingerprint density at radius 1 is 0.559 bits per heavy atom. The smallest absolute Gasteiger partial charge is 0.155 e. The summed E-state index contributed by atoms with van der Waals surface area (Å²) in [5.41, 5.74) is 2.95. The summed E-state index contributed by atoms with van der Waals surface area (Å²) in [7, 11) is 0. The number of aryl methyl sites for hydroxylation is 2. The van der Waals surface area contributed by atoms with E-state index in [-0.39, 0.29) is 0 Å². The first-order chi connectivity index (χ1) is 16.8. The highest BCUT2D eigenvalue weighted by Crippen LogP contribution is 2.41. The average Bonchev–Trinajstić information content (AvgIpc) is 3.61. The zero-order valence-corrected chi connectivity index (χ0v) is 24.0. The first kappa shape index (κ1) is 26.0. The van der Waals surface area contributed by atoms with E-state index in [0.717, 1.165) is 19.7 Å². The van der Waals surface area contributed by atoms with Crippen LogP contribution in [-0.4, -0.2) is 9.97 Å². The minimum absolute atomic E-state index is 1.10. The molecule has 0 saturated carbocycles. The van der Waals surface area contributed by atoms with Crippen molar-refractivity contribution in [2.24, 2.45) is 0 Å². The van der Waals surface area contributed by atoms with E-state index in [9.17, 15) is 0 Å². The summed E-state index contributed by atoms with van der Waals surface area (Å²) < 4.78 is 0. The minimum Gasteiger partial charge on any atom is -0.222 e. The van der Waals surface area contributed by atoms with Crippen molar-refractivity contribution >= 4 is 55.0 Å². The SMILES string of the molecule is CCCCCCCCc1ccsc1-c1nc2sc(-c3sccc3CCCCCCCC)nc2s1. The van der Waals surface area contributed by atoms with E-state index in [1.54, 1.807) is 22.7 Å². The number of thiazole rings is 2. The first-order valence-corrected chi connectivity index (χ1v) is 16.6. The van der Waals surface area contributed by atoms with Crippen molar-refractivity contribution in [1.82, 2.24) is 9.97 Å². The average molecular weight is 531 g/mol. The van der Waals surface area contributed by atoms with Gasteiger partial charge < -0.3 is 0 Å². The van der Waals surface area contributed by atoms with Gasteiger partial charge in [-0.1, -0.05) is 101 Å². The van der Waals surface area contributed by atoms with Crippen LogP contribution in [0.25, 0.3) is 29.4 Å². The third kappa shape index (κ3) is 6.99. The van der Waals surface area contributed by atoms with Crippen molar-refractivity contribution in [3.8, 4) is 19.8 Å². The number of thiophene rings is 2. The largest absolute Gasteiger partial charge is 0.222 e. The fourth-order valence-corrected chi connectivity index (χ4v) is 8.67. The maximum Gasteiger partial charge on any atom is 0.155 e. The van der Waals surface area contributed by atoms with Gasteiger partial charge in [0.1, 0.15) is 10.0 Å². The summed E-state index contributed by atoms with van der Waals surface area (Å²) in [5.74, 6) is 0. The van der Waals surface area contributed by atoms with Crippen molar-refractivity contribution in [1.29, 1.82) is 0 Å². The number of fused-ring (bicyclic) bond motifs is 1. The third-order valence-electron chi connectivity index (χ3n) is 6.46. The highest BCUT2D eigenvalue weighted by Gasteiger charge is 2.18. The van der Waals surface area contributed by atoms with Gasteiger partial charge in [-0.2, -0.15) is 0 Å². The fourth-order valence-electron chi connectivity index (χ4n) is 4.47. The molecule has 0 aliphatic heterocycles. The second kappa shape index (κ2) is 13.9. The van der Waals surface area contributed by atoms with Crippen molar-refractivity contribution in [3.63, 3.8) is 0 Å². The second-order valence-corrected chi connectivity index (χ2v) is 13.0. The summed E-state index contributed by atoms with van der Waals surface area (Å²) in [4.78, 5) is 15.0. The van der Waals surface area contributed by atoms with Crippen molar-refractivity contribution in [3.05, 3.63) is 34.0 Å². The Labute approximate surface area is 221 Å². The third-order valence-corrected chi connectivity index (χ3v) is 10.7. The van der Waals surface area contributed by atoms with Crippen LogP contribution in [0.3, 0.4) is 0 Å². The lowest BCUT2D eigenvalue weighted by Crippen LogP contribution is -1.87. The quantitative estimate of drug-likeness (QED) is 0.135. The van der Waals surface area contributed by atoms with E-state index in [2.05, 4.69) is 36.7 Å². The molecule has 0 N–H and O–H groups in total. The highest BCUT2D eigenvalue weighted by atomic mass is 32.1. The van der Waals surface area contributed by atoms with Gasteiger partial charge in [-0.15, -0.1) is 22.7 Å². The first-order valence-electron chi connectivity index (χ1n) is 13.2. The Bertz CT molecular complexity index is 1000. The lowest BCUT2D eigenvalue weighted by atomic mass is 10.1. The van der Waals surface area contributed by atoms with E-state index < -0.39 is 0 Å². The topological polar surface area (TPSA) is 25.8 Å². The van der Waals surface area contributed by atoms with E-state index in [1.807, 2.05) is 22.7 Å². The molecule has 4 aromatic rings. The summed E-state index contributed by atoms with van der Waals surface area (Å²) in [6.07, 6.45) is 18.5. The van der Waals surface area contributed by atoms with Crippen LogP contribution >= 0.6 is 45.3 Å². The molecule has 0 aromatic carbocycles. The lowest BCUT2D eigenvalue weighted by Gasteiger charge is -2.03. The van der Waals surface area contributed by atoms with Crippen molar-refractivity contribution in [2.75, 3.05) is 0 Å². The molecule has 4 rings (SSSR count). The molecular weight excluding hydrogens is 493 g/mol. The molecule has 0 atom stereocenters. The molecule has 0 unspecified atom stereocenters. The minimum atomic E-state index is 1.10.